The molecule has 2 amide bonds. The van der Waals surface area contributed by atoms with Crippen LogP contribution in [0.25, 0.3) is 0 Å². The molecule has 0 bridgehead atoms. The Kier molecular flexibility index (Phi) is 6.50. The summed E-state index contributed by atoms with van der Waals surface area (Å²) in [6.07, 6.45) is 0. The number of benzene rings is 2. The second-order valence-corrected chi connectivity index (χ2v) is 5.98. The van der Waals surface area contributed by atoms with Crippen LogP contribution in [0.2, 0.25) is 0 Å². The number of hydrogen-bond donors (Lipinski definition) is 3. The molecule has 0 saturated heterocycles. The van der Waals surface area contributed by atoms with Crippen LogP contribution in [-0.2, 0) is 4.79 Å². The second-order valence-electron chi connectivity index (χ2n) is 4.96. The first-order chi connectivity index (χ1) is 12.4. The van der Waals surface area contributed by atoms with Gasteiger partial charge in [0.25, 0.3) is 11.6 Å². The normalized spacial score (nSPS) is 10.1. The fourth-order valence-electron chi connectivity index (χ4n) is 1.98. The summed E-state index contributed by atoms with van der Waals surface area (Å²) in [7, 11) is 1.52. The molecule has 2 aromatic rings. The number of carbonyl (C=O) groups is 2. The topological polar surface area (TPSA) is 113 Å². The van der Waals surface area contributed by atoms with Crippen molar-refractivity contribution in [3.63, 3.8) is 0 Å². The second kappa shape index (κ2) is 8.81. The molecule has 136 valence electrons. The van der Waals surface area contributed by atoms with Crippen LogP contribution in [-0.4, -0.2) is 29.5 Å². The van der Waals surface area contributed by atoms with Crippen molar-refractivity contribution in [1.29, 1.82) is 0 Å². The van der Waals surface area contributed by atoms with Gasteiger partial charge in [-0.3, -0.25) is 30.6 Å². The summed E-state index contributed by atoms with van der Waals surface area (Å²) >= 11 is 0.978. The summed E-state index contributed by atoms with van der Waals surface area (Å²) in [5.41, 5.74) is 4.36. The number of nitrogens with one attached hydrogen (secondary N) is 3. The molecule has 0 aromatic heterocycles. The van der Waals surface area contributed by atoms with Gasteiger partial charge in [-0.1, -0.05) is 12.1 Å². The Morgan fingerprint density at radius 2 is 1.92 bits per heavy atom. The smallest absolute Gasteiger partial charge is 0.293 e. The lowest BCUT2D eigenvalue weighted by Gasteiger charge is -2.08. The first-order valence-corrected chi connectivity index (χ1v) is 8.33. The molecule has 8 nitrogen and oxygen atoms in total. The summed E-state index contributed by atoms with van der Waals surface area (Å²) in [5, 5.41) is 13.7. The molecule has 10 heteroatoms. The van der Waals surface area contributed by atoms with Gasteiger partial charge in [-0.25, -0.2) is 4.39 Å². The number of anilines is 1. The number of nitro groups is 1. The number of halogens is 1. The Labute approximate surface area is 152 Å². The van der Waals surface area contributed by atoms with Crippen LogP contribution < -0.4 is 16.2 Å². The van der Waals surface area contributed by atoms with Crippen LogP contribution in [0, 0.1) is 15.9 Å². The summed E-state index contributed by atoms with van der Waals surface area (Å²) in [5.74, 6) is -1.81. The van der Waals surface area contributed by atoms with Gasteiger partial charge in [-0.05, 0) is 24.3 Å². The maximum Gasteiger partial charge on any atom is 0.293 e. The van der Waals surface area contributed by atoms with E-state index < -0.39 is 22.6 Å². The number of hydrogen-bond acceptors (Lipinski definition) is 6. The molecule has 2 rings (SSSR count). The van der Waals surface area contributed by atoms with Crippen molar-refractivity contribution in [2.24, 2.45) is 0 Å². The summed E-state index contributed by atoms with van der Waals surface area (Å²) in [6.45, 7) is 0. The molecule has 0 heterocycles. The predicted molar refractivity (Wildman–Crippen MR) is 95.4 cm³/mol. The van der Waals surface area contributed by atoms with Gasteiger partial charge in [0.05, 0.1) is 10.7 Å². The first kappa shape index (κ1) is 19.2. The molecule has 0 aliphatic rings. The van der Waals surface area contributed by atoms with E-state index in [4.69, 9.17) is 0 Å². The van der Waals surface area contributed by atoms with Crippen molar-refractivity contribution in [3.05, 3.63) is 64.0 Å². The van der Waals surface area contributed by atoms with E-state index in [2.05, 4.69) is 16.2 Å². The zero-order valence-corrected chi connectivity index (χ0v) is 14.4. The number of nitrogens with zero attached hydrogens (tertiary/aromatic N) is 1. The van der Waals surface area contributed by atoms with Crippen molar-refractivity contribution >= 4 is 35.0 Å². The third-order valence-corrected chi connectivity index (χ3v) is 4.29. The van der Waals surface area contributed by atoms with E-state index in [1.54, 1.807) is 6.07 Å². The monoisotopic (exact) mass is 378 g/mol. The van der Waals surface area contributed by atoms with E-state index in [1.807, 2.05) is 0 Å². The predicted octanol–water partition coefficient (Wildman–Crippen LogP) is 2.33. The van der Waals surface area contributed by atoms with Crippen molar-refractivity contribution < 1.29 is 18.9 Å². The fourth-order valence-corrected chi connectivity index (χ4v) is 2.71. The maximum atomic E-state index is 13.5. The SMILES string of the molecule is CNc1ccc(C(=O)NNC(=O)CSc2ccccc2F)cc1[N+](=O)[O-]. The molecule has 0 aliphatic carbocycles. The van der Waals surface area contributed by atoms with E-state index in [0.717, 1.165) is 17.8 Å². The van der Waals surface area contributed by atoms with Gasteiger partial charge in [0.1, 0.15) is 11.5 Å². The molecule has 26 heavy (non-hydrogen) atoms. The van der Waals surface area contributed by atoms with Gasteiger partial charge < -0.3 is 5.32 Å². The lowest BCUT2D eigenvalue weighted by molar-refractivity contribution is -0.384. The third-order valence-electron chi connectivity index (χ3n) is 3.24. The maximum absolute atomic E-state index is 13.5. The summed E-state index contributed by atoms with van der Waals surface area (Å²) in [4.78, 5) is 34.5. The molecule has 0 radical (unpaired) electrons. The molecule has 3 N–H and O–H groups in total. The highest BCUT2D eigenvalue weighted by molar-refractivity contribution is 8.00. The van der Waals surface area contributed by atoms with Crippen molar-refractivity contribution in [3.8, 4) is 0 Å². The average molecular weight is 378 g/mol. The van der Waals surface area contributed by atoms with Crippen LogP contribution in [0.5, 0.6) is 0 Å². The van der Waals surface area contributed by atoms with Crippen LogP contribution in [0.15, 0.2) is 47.4 Å². The van der Waals surface area contributed by atoms with Crippen LogP contribution in [0.3, 0.4) is 0 Å². The van der Waals surface area contributed by atoms with Crippen molar-refractivity contribution in [2.75, 3.05) is 18.1 Å². The average Bonchev–Trinajstić information content (AvgIpc) is 2.64. The quantitative estimate of drug-likeness (QED) is 0.404. The Hall–Kier alpha value is -3.14. The molecule has 2 aromatic carbocycles. The zero-order chi connectivity index (χ0) is 19.1. The van der Waals surface area contributed by atoms with Crippen molar-refractivity contribution in [1.82, 2.24) is 10.9 Å². The van der Waals surface area contributed by atoms with Gasteiger partial charge in [0.15, 0.2) is 0 Å². The number of amides is 2. The van der Waals surface area contributed by atoms with E-state index in [-0.39, 0.29) is 22.7 Å². The molecule has 0 spiro atoms. The Balaban J connectivity index is 1.92. The highest BCUT2D eigenvalue weighted by atomic mass is 32.2. The van der Waals surface area contributed by atoms with E-state index in [9.17, 15) is 24.1 Å². The van der Waals surface area contributed by atoms with Crippen LogP contribution in [0.1, 0.15) is 10.4 Å². The fraction of sp³-hybridized carbons (Fsp3) is 0.125. The molecule has 0 unspecified atom stereocenters. The first-order valence-electron chi connectivity index (χ1n) is 7.35. The van der Waals surface area contributed by atoms with Gasteiger partial charge in [0.2, 0.25) is 5.91 Å². The number of thioether (sulfide) groups is 1. The summed E-state index contributed by atoms with van der Waals surface area (Å²) in [6, 6.07) is 9.88. The van der Waals surface area contributed by atoms with Gasteiger partial charge in [0, 0.05) is 23.6 Å². The lowest BCUT2D eigenvalue weighted by atomic mass is 10.1. The number of hydrazine groups is 1. The molecule has 0 saturated carbocycles. The van der Waals surface area contributed by atoms with E-state index in [1.165, 1.54) is 37.4 Å². The zero-order valence-electron chi connectivity index (χ0n) is 13.6. The highest BCUT2D eigenvalue weighted by Gasteiger charge is 2.17. The van der Waals surface area contributed by atoms with E-state index >= 15 is 0 Å². The molecular formula is C16H15FN4O4S. The minimum atomic E-state index is -0.708. The Morgan fingerprint density at radius 3 is 2.58 bits per heavy atom. The number of carbonyl (C=O) groups excluding carboxylic acids is 2. The van der Waals surface area contributed by atoms with Crippen LogP contribution >= 0.6 is 11.8 Å². The third kappa shape index (κ3) is 4.93. The lowest BCUT2D eigenvalue weighted by Crippen LogP contribution is -2.42. The largest absolute Gasteiger partial charge is 0.383 e. The molecule has 0 aliphatic heterocycles. The van der Waals surface area contributed by atoms with E-state index in [0.29, 0.717) is 4.90 Å². The van der Waals surface area contributed by atoms with Crippen molar-refractivity contribution in [2.45, 2.75) is 4.90 Å². The Morgan fingerprint density at radius 1 is 1.19 bits per heavy atom. The number of rotatable bonds is 6. The molecule has 0 atom stereocenters. The standard InChI is InChI=1S/C16H15FN4O4S/c1-18-12-7-6-10(8-13(12)21(24)25)16(23)20-19-15(22)9-26-14-5-3-2-4-11(14)17/h2-8,18H,9H2,1H3,(H,19,22)(H,20,23). The van der Waals surface area contributed by atoms with Gasteiger partial charge in [-0.2, -0.15) is 0 Å². The van der Waals surface area contributed by atoms with Gasteiger partial charge >= 0.3 is 0 Å². The van der Waals surface area contributed by atoms with Crippen LogP contribution in [0.4, 0.5) is 15.8 Å². The minimum absolute atomic E-state index is 0.0118. The molecular weight excluding hydrogens is 363 g/mol. The number of nitro benzene ring substituents is 1. The summed E-state index contributed by atoms with van der Waals surface area (Å²) < 4.78 is 13.5. The Bertz CT molecular complexity index is 847. The highest BCUT2D eigenvalue weighted by Crippen LogP contribution is 2.25. The molecule has 0 fully saturated rings. The van der Waals surface area contributed by atoms with Gasteiger partial charge in [-0.15, -0.1) is 11.8 Å². The minimum Gasteiger partial charge on any atom is -0.383 e.